The van der Waals surface area contributed by atoms with E-state index in [4.69, 9.17) is 0 Å². The smallest absolute Gasteiger partial charge is 0.420 e. The van der Waals surface area contributed by atoms with Crippen molar-refractivity contribution >= 4 is 27.8 Å². The summed E-state index contributed by atoms with van der Waals surface area (Å²) in [5.41, 5.74) is 2.19. The molecular formula is C14H10BrF3N2O. The summed E-state index contributed by atoms with van der Waals surface area (Å²) in [6.45, 7) is 0. The molecule has 0 heterocycles. The summed E-state index contributed by atoms with van der Waals surface area (Å²) in [5.74, 6) is -0.857. The van der Waals surface area contributed by atoms with Crippen molar-refractivity contribution in [2.24, 2.45) is 5.10 Å². The van der Waals surface area contributed by atoms with Gasteiger partial charge in [0.1, 0.15) is 5.75 Å². The Balaban J connectivity index is 2.26. The summed E-state index contributed by atoms with van der Waals surface area (Å²) in [5, 5.41) is 13.5. The molecule has 0 bridgehead atoms. The lowest BCUT2D eigenvalue weighted by Crippen LogP contribution is -2.06. The minimum absolute atomic E-state index is 0.0415. The number of alkyl halides is 3. The van der Waals surface area contributed by atoms with Crippen LogP contribution >= 0.6 is 15.9 Å². The van der Waals surface area contributed by atoms with Crippen LogP contribution in [0.5, 0.6) is 5.75 Å². The van der Waals surface area contributed by atoms with Gasteiger partial charge in [-0.05, 0) is 24.3 Å². The molecule has 0 unspecified atom stereocenters. The van der Waals surface area contributed by atoms with E-state index in [-0.39, 0.29) is 10.0 Å². The molecule has 2 aromatic carbocycles. The first-order valence-corrected chi connectivity index (χ1v) is 6.61. The molecule has 0 fully saturated rings. The van der Waals surface area contributed by atoms with Crippen molar-refractivity contribution in [2.45, 2.75) is 6.18 Å². The van der Waals surface area contributed by atoms with Crippen LogP contribution < -0.4 is 5.43 Å². The molecule has 0 aliphatic heterocycles. The molecule has 3 nitrogen and oxygen atoms in total. The lowest BCUT2D eigenvalue weighted by Gasteiger charge is -2.11. The van der Waals surface area contributed by atoms with E-state index in [1.807, 2.05) is 6.07 Å². The number of phenolic OH excluding ortho intramolecular Hbond substituents is 1. The van der Waals surface area contributed by atoms with E-state index in [0.717, 1.165) is 12.3 Å². The normalized spacial score (nSPS) is 11.8. The van der Waals surface area contributed by atoms with Gasteiger partial charge in [-0.25, -0.2) is 0 Å². The first-order chi connectivity index (χ1) is 9.88. The van der Waals surface area contributed by atoms with Crippen LogP contribution in [0.15, 0.2) is 52.0 Å². The second kappa shape index (κ2) is 6.17. The minimum Gasteiger partial charge on any atom is -0.507 e. The topological polar surface area (TPSA) is 44.6 Å². The van der Waals surface area contributed by atoms with Gasteiger partial charge >= 0.3 is 6.18 Å². The fourth-order valence-electron chi connectivity index (χ4n) is 1.62. The van der Waals surface area contributed by atoms with E-state index in [2.05, 4.69) is 26.5 Å². The van der Waals surface area contributed by atoms with Crippen LogP contribution in [-0.4, -0.2) is 11.3 Å². The maximum atomic E-state index is 12.8. The number of phenols is 1. The van der Waals surface area contributed by atoms with E-state index < -0.39 is 17.5 Å². The van der Waals surface area contributed by atoms with Crippen molar-refractivity contribution in [3.8, 4) is 5.75 Å². The van der Waals surface area contributed by atoms with Crippen LogP contribution in [0.25, 0.3) is 0 Å². The highest BCUT2D eigenvalue weighted by atomic mass is 79.9. The zero-order chi connectivity index (χ0) is 15.5. The molecule has 21 heavy (non-hydrogen) atoms. The number of para-hydroxylation sites is 1. The second-order valence-corrected chi connectivity index (χ2v) is 5.04. The molecule has 0 spiro atoms. The average Bonchev–Trinajstić information content (AvgIpc) is 2.42. The zero-order valence-corrected chi connectivity index (χ0v) is 12.1. The molecule has 0 saturated carbocycles. The first kappa shape index (κ1) is 15.4. The van der Waals surface area contributed by atoms with Gasteiger partial charge in [0.05, 0.1) is 17.5 Å². The highest BCUT2D eigenvalue weighted by Gasteiger charge is 2.35. The van der Waals surface area contributed by atoms with Crippen LogP contribution in [0.4, 0.5) is 18.9 Å². The van der Waals surface area contributed by atoms with Gasteiger partial charge in [0.2, 0.25) is 0 Å². The number of hydrazone groups is 1. The largest absolute Gasteiger partial charge is 0.507 e. The monoisotopic (exact) mass is 358 g/mol. The van der Waals surface area contributed by atoms with Gasteiger partial charge in [0.15, 0.2) is 0 Å². The predicted molar refractivity (Wildman–Crippen MR) is 78.5 cm³/mol. The molecule has 0 aliphatic rings. The summed E-state index contributed by atoms with van der Waals surface area (Å²) in [6, 6.07) is 11.1. The molecule has 0 amide bonds. The molecule has 2 rings (SSSR count). The highest BCUT2D eigenvalue weighted by Crippen LogP contribution is 2.39. The first-order valence-electron chi connectivity index (χ1n) is 5.82. The molecular weight excluding hydrogens is 349 g/mol. The number of aromatic hydroxyl groups is 1. The molecule has 0 aliphatic carbocycles. The molecule has 7 heteroatoms. The fourth-order valence-corrected chi connectivity index (χ4v) is 2.10. The molecule has 110 valence electrons. The van der Waals surface area contributed by atoms with Crippen LogP contribution in [0, 0.1) is 0 Å². The summed E-state index contributed by atoms with van der Waals surface area (Å²) >= 11 is 2.98. The number of anilines is 1. The van der Waals surface area contributed by atoms with Gasteiger partial charge in [-0.1, -0.05) is 34.1 Å². The Morgan fingerprint density at radius 3 is 2.43 bits per heavy atom. The average molecular weight is 359 g/mol. The Hall–Kier alpha value is -2.02. The molecule has 2 N–H and O–H groups in total. The Morgan fingerprint density at radius 1 is 1.14 bits per heavy atom. The van der Waals surface area contributed by atoms with Crippen molar-refractivity contribution < 1.29 is 18.3 Å². The van der Waals surface area contributed by atoms with Crippen molar-refractivity contribution in [1.29, 1.82) is 0 Å². The van der Waals surface area contributed by atoms with E-state index in [9.17, 15) is 18.3 Å². The lowest BCUT2D eigenvalue weighted by atomic mass is 10.1. The number of rotatable bonds is 3. The Morgan fingerprint density at radius 2 is 1.81 bits per heavy atom. The third kappa shape index (κ3) is 3.98. The number of benzene rings is 2. The van der Waals surface area contributed by atoms with Gasteiger partial charge < -0.3 is 5.11 Å². The number of hydrogen-bond acceptors (Lipinski definition) is 3. The molecule has 0 atom stereocenters. The van der Waals surface area contributed by atoms with Crippen molar-refractivity contribution in [3.63, 3.8) is 0 Å². The number of nitrogens with zero attached hydrogens (tertiary/aromatic N) is 1. The summed E-state index contributed by atoms with van der Waals surface area (Å²) in [7, 11) is 0. The van der Waals surface area contributed by atoms with Crippen molar-refractivity contribution in [3.05, 3.63) is 58.1 Å². The maximum Gasteiger partial charge on any atom is 0.420 e. The van der Waals surface area contributed by atoms with E-state index >= 15 is 0 Å². The SMILES string of the molecule is Oc1c(C=NNc2ccccc2)cc(Br)cc1C(F)(F)F. The van der Waals surface area contributed by atoms with Crippen molar-refractivity contribution in [1.82, 2.24) is 0 Å². The number of halogens is 4. The third-order valence-corrected chi connectivity index (χ3v) is 3.04. The molecule has 0 aromatic heterocycles. The van der Waals surface area contributed by atoms with E-state index in [0.29, 0.717) is 5.69 Å². The van der Waals surface area contributed by atoms with Crippen molar-refractivity contribution in [2.75, 3.05) is 5.43 Å². The van der Waals surface area contributed by atoms with Crippen LogP contribution in [-0.2, 0) is 6.18 Å². The third-order valence-electron chi connectivity index (χ3n) is 2.58. The van der Waals surface area contributed by atoms with Gasteiger partial charge in [-0.3, -0.25) is 5.43 Å². The van der Waals surface area contributed by atoms with E-state index in [1.165, 1.54) is 6.07 Å². The number of nitrogens with one attached hydrogen (secondary N) is 1. The summed E-state index contributed by atoms with van der Waals surface area (Å²) in [4.78, 5) is 0. The molecule has 0 radical (unpaired) electrons. The van der Waals surface area contributed by atoms with Gasteiger partial charge in [-0.15, -0.1) is 0 Å². The van der Waals surface area contributed by atoms with Crippen LogP contribution in [0.1, 0.15) is 11.1 Å². The van der Waals surface area contributed by atoms with Gasteiger partial charge in [-0.2, -0.15) is 18.3 Å². The van der Waals surface area contributed by atoms with E-state index in [1.54, 1.807) is 24.3 Å². The van der Waals surface area contributed by atoms with Gasteiger partial charge in [0, 0.05) is 10.0 Å². The lowest BCUT2D eigenvalue weighted by molar-refractivity contribution is -0.138. The van der Waals surface area contributed by atoms with Crippen LogP contribution in [0.2, 0.25) is 0 Å². The second-order valence-electron chi connectivity index (χ2n) is 4.12. The molecule has 2 aromatic rings. The predicted octanol–water partition coefficient (Wildman–Crippen LogP) is 4.62. The zero-order valence-electron chi connectivity index (χ0n) is 10.5. The standard InChI is InChI=1S/C14H10BrF3N2O/c15-10-6-9(13(21)12(7-10)14(16,17)18)8-19-20-11-4-2-1-3-5-11/h1-8,20-21H. The highest BCUT2D eigenvalue weighted by molar-refractivity contribution is 9.10. The Kier molecular flexibility index (Phi) is 4.52. The number of hydrogen-bond donors (Lipinski definition) is 2. The molecule has 0 saturated heterocycles. The Labute approximate surface area is 127 Å². The fraction of sp³-hybridized carbons (Fsp3) is 0.0714. The Bertz CT molecular complexity index is 657. The minimum atomic E-state index is -4.64. The summed E-state index contributed by atoms with van der Waals surface area (Å²) in [6.07, 6.45) is -3.51. The quantitative estimate of drug-likeness (QED) is 0.621. The maximum absolute atomic E-state index is 12.8. The summed E-state index contributed by atoms with van der Waals surface area (Å²) < 4.78 is 38.5. The van der Waals surface area contributed by atoms with Crippen LogP contribution in [0.3, 0.4) is 0 Å². The van der Waals surface area contributed by atoms with Gasteiger partial charge in [0.25, 0.3) is 0 Å².